The molecule has 0 radical (unpaired) electrons. The Morgan fingerprint density at radius 2 is 1.89 bits per heavy atom. The van der Waals surface area contributed by atoms with Crippen molar-refractivity contribution in [2.75, 3.05) is 5.75 Å². The second-order valence-corrected chi connectivity index (χ2v) is 5.57. The minimum atomic E-state index is -0.938. The van der Waals surface area contributed by atoms with Gasteiger partial charge in [-0.2, -0.15) is 0 Å². The first kappa shape index (κ1) is 16.0. The van der Waals surface area contributed by atoms with E-state index in [0.29, 0.717) is 16.6 Å². The molecule has 1 rings (SSSR count). The Kier molecular flexibility index (Phi) is 6.28. The molecule has 1 heterocycles. The minimum Gasteiger partial charge on any atom is -0.478 e. The summed E-state index contributed by atoms with van der Waals surface area (Å²) in [4.78, 5) is 20.0. The summed E-state index contributed by atoms with van der Waals surface area (Å²) in [5.41, 5.74) is 0.819. The Morgan fingerprint density at radius 1 is 1.26 bits per heavy atom. The molecule has 0 saturated heterocycles. The fourth-order valence-corrected chi connectivity index (χ4v) is 3.25. The van der Waals surface area contributed by atoms with Crippen molar-refractivity contribution in [1.29, 1.82) is 0 Å². The number of hydrogen-bond donors (Lipinski definition) is 1. The molecule has 0 aromatic carbocycles. The lowest BCUT2D eigenvalue weighted by Crippen LogP contribution is -2.10. The number of nitrogens with zero attached hydrogens (tertiary/aromatic N) is 2. The predicted molar refractivity (Wildman–Crippen MR) is 77.9 cm³/mol. The lowest BCUT2D eigenvalue weighted by Gasteiger charge is -2.13. The fraction of sp³-hybridized carbons (Fsp3) is 0.643. The van der Waals surface area contributed by atoms with E-state index in [-0.39, 0.29) is 5.56 Å². The van der Waals surface area contributed by atoms with Gasteiger partial charge in [-0.3, -0.25) is 0 Å². The Balaban J connectivity index is 3.02. The van der Waals surface area contributed by atoms with Gasteiger partial charge in [0.05, 0.1) is 5.69 Å². The molecule has 4 nitrogen and oxygen atoms in total. The van der Waals surface area contributed by atoms with Gasteiger partial charge in [-0.05, 0) is 12.8 Å². The summed E-state index contributed by atoms with van der Waals surface area (Å²) in [5, 5.41) is 9.91. The predicted octanol–water partition coefficient (Wildman–Crippen LogP) is 3.57. The van der Waals surface area contributed by atoms with Crippen molar-refractivity contribution in [2.24, 2.45) is 5.92 Å². The first-order chi connectivity index (χ1) is 9.03. The molecule has 0 aliphatic heterocycles. The van der Waals surface area contributed by atoms with E-state index in [0.717, 1.165) is 30.8 Å². The zero-order chi connectivity index (χ0) is 14.4. The number of thioether (sulfide) groups is 1. The number of rotatable bonds is 7. The van der Waals surface area contributed by atoms with Gasteiger partial charge in [0.15, 0.2) is 0 Å². The number of aromatic nitrogens is 2. The molecule has 0 fully saturated rings. The average Bonchev–Trinajstić information content (AvgIpc) is 2.38. The van der Waals surface area contributed by atoms with E-state index in [2.05, 4.69) is 23.8 Å². The summed E-state index contributed by atoms with van der Waals surface area (Å²) in [7, 11) is 0. The first-order valence-corrected chi connectivity index (χ1v) is 7.75. The number of carbonyl (C=O) groups is 1. The number of carboxylic acids is 1. The maximum absolute atomic E-state index is 11.3. The van der Waals surface area contributed by atoms with Crippen LogP contribution in [0.25, 0.3) is 0 Å². The zero-order valence-electron chi connectivity index (χ0n) is 12.1. The van der Waals surface area contributed by atoms with Gasteiger partial charge in [0, 0.05) is 12.2 Å². The molecule has 0 atom stereocenters. The molecule has 0 unspecified atom stereocenters. The van der Waals surface area contributed by atoms with Crippen LogP contribution in [0.1, 0.15) is 55.5 Å². The van der Waals surface area contributed by atoms with Gasteiger partial charge in [0.2, 0.25) is 0 Å². The number of carboxylic acid groups (broad SMARTS) is 1. The van der Waals surface area contributed by atoms with Crippen LogP contribution in [0.2, 0.25) is 0 Å². The molecule has 0 bridgehead atoms. The fourth-order valence-electron chi connectivity index (χ4n) is 1.83. The van der Waals surface area contributed by atoms with Crippen molar-refractivity contribution >= 4 is 17.7 Å². The number of hydrogen-bond acceptors (Lipinski definition) is 4. The second-order valence-electron chi connectivity index (χ2n) is 4.56. The van der Waals surface area contributed by atoms with E-state index >= 15 is 0 Å². The van der Waals surface area contributed by atoms with Crippen LogP contribution in [-0.2, 0) is 6.42 Å². The topological polar surface area (TPSA) is 63.1 Å². The van der Waals surface area contributed by atoms with Gasteiger partial charge < -0.3 is 5.11 Å². The molecule has 0 saturated carbocycles. The summed E-state index contributed by atoms with van der Waals surface area (Å²) in [6.45, 7) is 8.04. The number of aryl methyl sites for hydroxylation is 2. The molecular formula is C14H22N2O2S. The van der Waals surface area contributed by atoms with Crippen LogP contribution in [0.5, 0.6) is 0 Å². The Morgan fingerprint density at radius 3 is 2.37 bits per heavy atom. The zero-order valence-corrected chi connectivity index (χ0v) is 12.9. The van der Waals surface area contributed by atoms with Gasteiger partial charge in [-0.15, -0.1) is 11.8 Å². The Bertz CT molecular complexity index is 445. The summed E-state index contributed by atoms with van der Waals surface area (Å²) < 4.78 is 0. The van der Waals surface area contributed by atoms with E-state index in [1.54, 1.807) is 18.7 Å². The Labute approximate surface area is 119 Å². The maximum Gasteiger partial charge on any atom is 0.340 e. The van der Waals surface area contributed by atoms with Gasteiger partial charge in [0.1, 0.15) is 16.4 Å². The lowest BCUT2D eigenvalue weighted by molar-refractivity contribution is 0.0690. The molecular weight excluding hydrogens is 260 g/mol. The lowest BCUT2D eigenvalue weighted by atomic mass is 10.1. The molecule has 1 aromatic rings. The molecule has 1 aromatic heterocycles. The van der Waals surface area contributed by atoms with Gasteiger partial charge >= 0.3 is 5.97 Å². The van der Waals surface area contributed by atoms with Crippen LogP contribution in [-0.4, -0.2) is 26.8 Å². The van der Waals surface area contributed by atoms with Crippen LogP contribution in [0.15, 0.2) is 5.03 Å². The molecule has 106 valence electrons. The van der Waals surface area contributed by atoms with Crippen LogP contribution in [0.3, 0.4) is 0 Å². The van der Waals surface area contributed by atoms with Crippen molar-refractivity contribution in [3.05, 3.63) is 17.1 Å². The van der Waals surface area contributed by atoms with Crippen molar-refractivity contribution < 1.29 is 9.90 Å². The average molecular weight is 282 g/mol. The monoisotopic (exact) mass is 282 g/mol. The van der Waals surface area contributed by atoms with Gasteiger partial charge in [0.25, 0.3) is 0 Å². The third-order valence-electron chi connectivity index (χ3n) is 3.24. The SMILES string of the molecule is CCc1nc(C)c(C(=O)O)c(SCC(CC)CC)n1. The summed E-state index contributed by atoms with van der Waals surface area (Å²) in [6, 6.07) is 0. The maximum atomic E-state index is 11.3. The molecule has 0 aliphatic carbocycles. The van der Waals surface area contributed by atoms with E-state index in [9.17, 15) is 9.90 Å². The van der Waals surface area contributed by atoms with E-state index < -0.39 is 5.97 Å². The summed E-state index contributed by atoms with van der Waals surface area (Å²) >= 11 is 1.54. The van der Waals surface area contributed by atoms with Crippen LogP contribution >= 0.6 is 11.8 Å². The third kappa shape index (κ3) is 4.20. The highest BCUT2D eigenvalue weighted by Crippen LogP contribution is 2.26. The smallest absolute Gasteiger partial charge is 0.340 e. The van der Waals surface area contributed by atoms with E-state index in [1.807, 2.05) is 6.92 Å². The largest absolute Gasteiger partial charge is 0.478 e. The van der Waals surface area contributed by atoms with Crippen molar-refractivity contribution in [2.45, 2.75) is 52.0 Å². The highest BCUT2D eigenvalue weighted by atomic mass is 32.2. The van der Waals surface area contributed by atoms with E-state index in [1.165, 1.54) is 0 Å². The van der Waals surface area contributed by atoms with Gasteiger partial charge in [-0.25, -0.2) is 14.8 Å². The molecule has 5 heteroatoms. The third-order valence-corrected chi connectivity index (χ3v) is 4.45. The highest BCUT2D eigenvalue weighted by molar-refractivity contribution is 7.99. The van der Waals surface area contributed by atoms with Crippen LogP contribution in [0, 0.1) is 12.8 Å². The molecule has 0 spiro atoms. The van der Waals surface area contributed by atoms with Crippen LogP contribution in [0.4, 0.5) is 0 Å². The minimum absolute atomic E-state index is 0.258. The van der Waals surface area contributed by atoms with Gasteiger partial charge in [-0.1, -0.05) is 33.6 Å². The first-order valence-electron chi connectivity index (χ1n) is 6.76. The molecule has 0 aliphatic rings. The van der Waals surface area contributed by atoms with Crippen LogP contribution < -0.4 is 0 Å². The van der Waals surface area contributed by atoms with E-state index in [4.69, 9.17) is 0 Å². The molecule has 19 heavy (non-hydrogen) atoms. The highest BCUT2D eigenvalue weighted by Gasteiger charge is 2.18. The molecule has 1 N–H and O–H groups in total. The quantitative estimate of drug-likeness (QED) is 0.612. The number of aromatic carboxylic acids is 1. The molecule has 0 amide bonds. The summed E-state index contributed by atoms with van der Waals surface area (Å²) in [5.74, 6) is 1.29. The van der Waals surface area contributed by atoms with Crippen molar-refractivity contribution in [3.8, 4) is 0 Å². The standard InChI is InChI=1S/C14H22N2O2S/c1-5-10(6-2)8-19-13-12(14(17)18)9(4)15-11(7-3)16-13/h10H,5-8H2,1-4H3,(H,17,18). The summed E-state index contributed by atoms with van der Waals surface area (Å²) in [6.07, 6.45) is 2.94. The van der Waals surface area contributed by atoms with Crippen molar-refractivity contribution in [3.63, 3.8) is 0 Å². The second kappa shape index (κ2) is 7.48. The van der Waals surface area contributed by atoms with Crippen molar-refractivity contribution in [1.82, 2.24) is 9.97 Å². The normalized spacial score (nSPS) is 11.0. The Hall–Kier alpha value is -1.10.